The fraction of sp³-hybridized carbons (Fsp3) is 0.267. The number of carbonyl (C=O) groups excluding carboxylic acids is 1. The number of nitrogens with one attached hydrogen (secondary N) is 1. The van der Waals surface area contributed by atoms with E-state index in [0.29, 0.717) is 6.42 Å². The summed E-state index contributed by atoms with van der Waals surface area (Å²) in [5, 5.41) is 14.2. The molecular weight excluding hydrogens is 258 g/mol. The Hall–Kier alpha value is -1.65. The van der Waals surface area contributed by atoms with Gasteiger partial charge in [-0.2, -0.15) is 0 Å². The number of benzene rings is 1. The summed E-state index contributed by atoms with van der Waals surface area (Å²) in [6.07, 6.45) is 1.19. The second kappa shape index (κ2) is 7.07. The molecule has 0 fully saturated rings. The molecule has 1 amide bonds. The van der Waals surface area contributed by atoms with Gasteiger partial charge in [0.25, 0.3) is 0 Å². The second-order valence-corrected chi connectivity index (χ2v) is 5.32. The average molecular weight is 275 g/mol. The van der Waals surface area contributed by atoms with Gasteiger partial charge in [0.2, 0.25) is 5.91 Å². The highest BCUT2D eigenvalue weighted by molar-refractivity contribution is 7.09. The van der Waals surface area contributed by atoms with Gasteiger partial charge in [0.1, 0.15) is 0 Å². The molecule has 0 aliphatic carbocycles. The van der Waals surface area contributed by atoms with E-state index < -0.39 is 0 Å². The zero-order valence-corrected chi connectivity index (χ0v) is 11.4. The van der Waals surface area contributed by atoms with E-state index in [4.69, 9.17) is 0 Å². The van der Waals surface area contributed by atoms with Gasteiger partial charge >= 0.3 is 0 Å². The number of hydrogen-bond donors (Lipinski definition) is 2. The van der Waals surface area contributed by atoms with Crippen LogP contribution in [0.5, 0.6) is 0 Å². The monoisotopic (exact) mass is 275 g/mol. The smallest absolute Gasteiger partial charge is 0.220 e. The largest absolute Gasteiger partial charge is 0.394 e. The topological polar surface area (TPSA) is 49.3 Å². The van der Waals surface area contributed by atoms with Crippen LogP contribution in [0.4, 0.5) is 0 Å². The summed E-state index contributed by atoms with van der Waals surface area (Å²) in [7, 11) is 0. The third-order valence-corrected chi connectivity index (χ3v) is 3.83. The standard InChI is InChI=1S/C15H17NO2S/c17-11-14(12-5-2-1-3-6-12)16-15(18)9-8-13-7-4-10-19-13/h1-7,10,14,17H,8-9,11H2,(H,16,18)/t14-/m1/s1. The quantitative estimate of drug-likeness (QED) is 0.851. The van der Waals surface area contributed by atoms with Crippen LogP contribution in [-0.4, -0.2) is 17.6 Å². The number of aryl methyl sites for hydroxylation is 1. The molecule has 0 saturated heterocycles. The molecule has 2 rings (SSSR count). The van der Waals surface area contributed by atoms with Crippen LogP contribution in [0.15, 0.2) is 47.8 Å². The van der Waals surface area contributed by atoms with Gasteiger partial charge in [0, 0.05) is 11.3 Å². The van der Waals surface area contributed by atoms with Crippen molar-refractivity contribution < 1.29 is 9.90 Å². The van der Waals surface area contributed by atoms with Crippen LogP contribution in [0.2, 0.25) is 0 Å². The molecule has 0 radical (unpaired) electrons. The van der Waals surface area contributed by atoms with Gasteiger partial charge in [-0.3, -0.25) is 4.79 Å². The summed E-state index contributed by atoms with van der Waals surface area (Å²) in [5.41, 5.74) is 0.925. The molecule has 0 bridgehead atoms. The number of thiophene rings is 1. The Kier molecular flexibility index (Phi) is 5.12. The van der Waals surface area contributed by atoms with Gasteiger partial charge in [-0.15, -0.1) is 11.3 Å². The van der Waals surface area contributed by atoms with Crippen molar-refractivity contribution in [1.82, 2.24) is 5.32 Å². The lowest BCUT2D eigenvalue weighted by Crippen LogP contribution is -2.30. The molecule has 0 saturated carbocycles. The summed E-state index contributed by atoms with van der Waals surface area (Å²) in [5.74, 6) is -0.0312. The van der Waals surface area contributed by atoms with Crippen LogP contribution >= 0.6 is 11.3 Å². The first-order valence-electron chi connectivity index (χ1n) is 6.27. The van der Waals surface area contributed by atoms with Gasteiger partial charge in [-0.05, 0) is 23.4 Å². The average Bonchev–Trinajstić information content (AvgIpc) is 2.97. The molecule has 0 spiro atoms. The van der Waals surface area contributed by atoms with Crippen molar-refractivity contribution in [1.29, 1.82) is 0 Å². The van der Waals surface area contributed by atoms with Crippen LogP contribution < -0.4 is 5.32 Å². The van der Waals surface area contributed by atoms with E-state index in [1.807, 2.05) is 47.8 Å². The molecule has 1 heterocycles. The van der Waals surface area contributed by atoms with Gasteiger partial charge < -0.3 is 10.4 Å². The first-order chi connectivity index (χ1) is 9.29. The van der Waals surface area contributed by atoms with Crippen molar-refractivity contribution >= 4 is 17.2 Å². The number of rotatable bonds is 6. The Morgan fingerprint density at radius 2 is 2.00 bits per heavy atom. The molecule has 0 aliphatic rings. The molecule has 2 aromatic rings. The number of aliphatic hydroxyl groups is 1. The lowest BCUT2D eigenvalue weighted by atomic mass is 10.1. The van der Waals surface area contributed by atoms with Gasteiger partial charge in [-0.25, -0.2) is 0 Å². The molecule has 2 N–H and O–H groups in total. The number of carbonyl (C=O) groups is 1. The Morgan fingerprint density at radius 1 is 1.21 bits per heavy atom. The SMILES string of the molecule is O=C(CCc1cccs1)N[C@H](CO)c1ccccc1. The van der Waals surface area contributed by atoms with E-state index in [2.05, 4.69) is 5.32 Å². The van der Waals surface area contributed by atoms with Gasteiger partial charge in [0.05, 0.1) is 12.6 Å². The van der Waals surface area contributed by atoms with Crippen molar-refractivity contribution in [2.75, 3.05) is 6.61 Å². The highest BCUT2D eigenvalue weighted by Crippen LogP contribution is 2.13. The maximum absolute atomic E-state index is 11.9. The maximum atomic E-state index is 11.9. The first kappa shape index (κ1) is 13.8. The van der Waals surface area contributed by atoms with E-state index in [9.17, 15) is 9.90 Å². The van der Waals surface area contributed by atoms with Crippen LogP contribution in [0.3, 0.4) is 0 Å². The minimum atomic E-state index is -0.322. The summed E-state index contributed by atoms with van der Waals surface area (Å²) >= 11 is 1.66. The van der Waals surface area contributed by atoms with Gasteiger partial charge in [-0.1, -0.05) is 36.4 Å². The molecule has 1 aromatic carbocycles. The van der Waals surface area contributed by atoms with Crippen LogP contribution in [-0.2, 0) is 11.2 Å². The Bertz CT molecular complexity index is 496. The zero-order valence-electron chi connectivity index (χ0n) is 10.6. The predicted molar refractivity (Wildman–Crippen MR) is 77.1 cm³/mol. The fourth-order valence-corrected chi connectivity index (χ4v) is 2.59. The second-order valence-electron chi connectivity index (χ2n) is 4.29. The third-order valence-electron chi connectivity index (χ3n) is 2.90. The van der Waals surface area contributed by atoms with E-state index in [1.54, 1.807) is 11.3 Å². The van der Waals surface area contributed by atoms with Crippen LogP contribution in [0.25, 0.3) is 0 Å². The predicted octanol–water partition coefficient (Wildman–Crippen LogP) is 2.53. The first-order valence-corrected chi connectivity index (χ1v) is 7.15. The fourth-order valence-electron chi connectivity index (χ4n) is 1.88. The number of amides is 1. The van der Waals surface area contributed by atoms with Gasteiger partial charge in [0.15, 0.2) is 0 Å². The van der Waals surface area contributed by atoms with Crippen molar-refractivity contribution in [2.45, 2.75) is 18.9 Å². The van der Waals surface area contributed by atoms with E-state index >= 15 is 0 Å². The van der Waals surface area contributed by atoms with Crippen molar-refractivity contribution in [3.8, 4) is 0 Å². The van der Waals surface area contributed by atoms with Crippen molar-refractivity contribution in [3.05, 3.63) is 58.3 Å². The van der Waals surface area contributed by atoms with E-state index in [-0.39, 0.29) is 18.6 Å². The summed E-state index contributed by atoms with van der Waals surface area (Å²) in [6, 6.07) is 13.2. The maximum Gasteiger partial charge on any atom is 0.220 e. The lowest BCUT2D eigenvalue weighted by molar-refractivity contribution is -0.122. The molecule has 19 heavy (non-hydrogen) atoms. The minimum Gasteiger partial charge on any atom is -0.394 e. The minimum absolute atomic E-state index is 0.0312. The Labute approximate surface area is 116 Å². The normalized spacial score (nSPS) is 12.1. The van der Waals surface area contributed by atoms with E-state index in [1.165, 1.54) is 4.88 Å². The number of hydrogen-bond acceptors (Lipinski definition) is 3. The van der Waals surface area contributed by atoms with Crippen LogP contribution in [0, 0.1) is 0 Å². The zero-order chi connectivity index (χ0) is 13.5. The molecule has 100 valence electrons. The highest BCUT2D eigenvalue weighted by Gasteiger charge is 2.13. The Balaban J connectivity index is 1.86. The number of aliphatic hydroxyl groups excluding tert-OH is 1. The summed E-state index contributed by atoms with van der Waals surface area (Å²) in [6.45, 7) is -0.0885. The highest BCUT2D eigenvalue weighted by atomic mass is 32.1. The van der Waals surface area contributed by atoms with E-state index in [0.717, 1.165) is 12.0 Å². The molecule has 0 unspecified atom stereocenters. The molecule has 4 heteroatoms. The molecule has 3 nitrogen and oxygen atoms in total. The third kappa shape index (κ3) is 4.19. The van der Waals surface area contributed by atoms with Crippen LogP contribution in [0.1, 0.15) is 22.9 Å². The van der Waals surface area contributed by atoms with Crippen molar-refractivity contribution in [3.63, 3.8) is 0 Å². The Morgan fingerprint density at radius 3 is 2.63 bits per heavy atom. The molecular formula is C15H17NO2S. The summed E-state index contributed by atoms with van der Waals surface area (Å²) < 4.78 is 0. The molecule has 0 aliphatic heterocycles. The lowest BCUT2D eigenvalue weighted by Gasteiger charge is -2.16. The molecule has 1 atom stereocenters. The summed E-state index contributed by atoms with van der Waals surface area (Å²) in [4.78, 5) is 13.1. The molecule has 1 aromatic heterocycles. The van der Waals surface area contributed by atoms with Crippen molar-refractivity contribution in [2.24, 2.45) is 0 Å².